The van der Waals surface area contributed by atoms with Crippen LogP contribution in [0.2, 0.25) is 0 Å². The van der Waals surface area contributed by atoms with Gasteiger partial charge in [0.1, 0.15) is 17.5 Å². The second-order valence-electron chi connectivity index (χ2n) is 2.75. The van der Waals surface area contributed by atoms with E-state index >= 15 is 0 Å². The Kier molecular flexibility index (Phi) is 1.78. The Morgan fingerprint density at radius 2 is 2.36 bits per heavy atom. The van der Waals surface area contributed by atoms with Crippen LogP contribution in [0.25, 0.3) is 0 Å². The van der Waals surface area contributed by atoms with Crippen molar-refractivity contribution in [1.82, 2.24) is 10.7 Å². The van der Waals surface area contributed by atoms with Gasteiger partial charge in [-0.2, -0.15) is 10.1 Å². The summed E-state index contributed by atoms with van der Waals surface area (Å²) in [5.74, 6) is 4.69. The van der Waals surface area contributed by atoms with Crippen molar-refractivity contribution in [3.8, 4) is 11.8 Å². The number of hydrogen-bond acceptors (Lipinski definition) is 4. The summed E-state index contributed by atoms with van der Waals surface area (Å²) in [7, 11) is 0. The Hall–Kier alpha value is -2.16. The van der Waals surface area contributed by atoms with Crippen molar-refractivity contribution < 1.29 is 4.79 Å². The van der Waals surface area contributed by atoms with Gasteiger partial charge in [0.2, 0.25) is 11.9 Å². The van der Waals surface area contributed by atoms with Crippen molar-refractivity contribution in [2.45, 2.75) is 6.92 Å². The number of hydrazone groups is 1. The van der Waals surface area contributed by atoms with Gasteiger partial charge in [-0.1, -0.05) is 5.92 Å². The van der Waals surface area contributed by atoms with Crippen LogP contribution in [-0.4, -0.2) is 23.4 Å². The average molecular weight is 189 g/mol. The van der Waals surface area contributed by atoms with Crippen molar-refractivity contribution in [2.24, 2.45) is 16.0 Å². The van der Waals surface area contributed by atoms with E-state index in [1.54, 1.807) is 6.92 Å². The first-order valence-electron chi connectivity index (χ1n) is 3.96. The molecule has 0 fully saturated rings. The Morgan fingerprint density at radius 3 is 3.07 bits per heavy atom. The van der Waals surface area contributed by atoms with Gasteiger partial charge in [-0.15, -0.1) is 0 Å². The van der Waals surface area contributed by atoms with Gasteiger partial charge in [0.05, 0.1) is 0 Å². The summed E-state index contributed by atoms with van der Waals surface area (Å²) in [5.41, 5.74) is 3.03. The lowest BCUT2D eigenvalue weighted by atomic mass is 10.0. The standard InChI is InChI=1S/C8H7N5O/c1-2-3-4-5-6(13-12-4)10-8(9)11-7(5)14/h5H,1H3,(H3,9,10,11,13,14). The number of amides is 1. The zero-order chi connectivity index (χ0) is 10.1. The van der Waals surface area contributed by atoms with Crippen LogP contribution >= 0.6 is 0 Å². The summed E-state index contributed by atoms with van der Waals surface area (Å²) in [6.07, 6.45) is 0. The molecule has 70 valence electrons. The Bertz CT molecular complexity index is 436. The van der Waals surface area contributed by atoms with Crippen molar-refractivity contribution in [2.75, 3.05) is 0 Å². The highest BCUT2D eigenvalue weighted by atomic mass is 16.2. The lowest BCUT2D eigenvalue weighted by molar-refractivity contribution is -0.120. The number of fused-ring (bicyclic) bond motifs is 1. The van der Waals surface area contributed by atoms with E-state index in [4.69, 9.17) is 5.41 Å². The molecule has 0 radical (unpaired) electrons. The minimum atomic E-state index is -0.573. The molecule has 0 aromatic heterocycles. The molecule has 1 amide bonds. The molecule has 3 N–H and O–H groups in total. The maximum absolute atomic E-state index is 11.5. The molecule has 0 saturated carbocycles. The third kappa shape index (κ3) is 1.15. The van der Waals surface area contributed by atoms with Crippen LogP contribution in [0.1, 0.15) is 6.92 Å². The second-order valence-corrected chi connectivity index (χ2v) is 2.75. The van der Waals surface area contributed by atoms with E-state index in [9.17, 15) is 4.79 Å². The molecular weight excluding hydrogens is 182 g/mol. The molecule has 0 spiro atoms. The van der Waals surface area contributed by atoms with Crippen molar-refractivity contribution in [3.05, 3.63) is 0 Å². The predicted octanol–water partition coefficient (Wildman–Crippen LogP) is -0.952. The number of guanidine groups is 1. The molecule has 2 aliphatic heterocycles. The SMILES string of the molecule is CC#CC1=NNC2=NC(=N)NC(=O)C12. The Balaban J connectivity index is 2.39. The van der Waals surface area contributed by atoms with Crippen LogP contribution in [0.3, 0.4) is 0 Å². The molecule has 6 heteroatoms. The molecule has 0 bridgehead atoms. The van der Waals surface area contributed by atoms with Gasteiger partial charge in [-0.05, 0) is 12.8 Å². The molecule has 1 atom stereocenters. The first kappa shape index (κ1) is 8.44. The lowest BCUT2D eigenvalue weighted by Gasteiger charge is -2.15. The van der Waals surface area contributed by atoms with E-state index in [0.29, 0.717) is 11.5 Å². The minimum absolute atomic E-state index is 0.172. The maximum Gasteiger partial charge on any atom is 0.244 e. The fraction of sp³-hybridized carbons (Fsp3) is 0.250. The first-order valence-corrected chi connectivity index (χ1v) is 3.96. The number of carbonyl (C=O) groups excluding carboxylic acids is 1. The Morgan fingerprint density at radius 1 is 1.57 bits per heavy atom. The highest BCUT2D eigenvalue weighted by Crippen LogP contribution is 2.11. The summed E-state index contributed by atoms with van der Waals surface area (Å²) in [5, 5.41) is 13.4. The van der Waals surface area contributed by atoms with Crippen molar-refractivity contribution in [3.63, 3.8) is 0 Å². The molecule has 0 aromatic rings. The van der Waals surface area contributed by atoms with E-state index in [1.165, 1.54) is 0 Å². The highest BCUT2D eigenvalue weighted by molar-refractivity contribution is 6.33. The van der Waals surface area contributed by atoms with Gasteiger partial charge in [0, 0.05) is 0 Å². The minimum Gasteiger partial charge on any atom is -0.294 e. The molecule has 6 nitrogen and oxygen atoms in total. The van der Waals surface area contributed by atoms with Gasteiger partial charge >= 0.3 is 0 Å². The Labute approximate surface area is 80.0 Å². The predicted molar refractivity (Wildman–Crippen MR) is 50.8 cm³/mol. The number of hydrogen-bond donors (Lipinski definition) is 3. The molecule has 14 heavy (non-hydrogen) atoms. The van der Waals surface area contributed by atoms with Crippen LogP contribution in [0.4, 0.5) is 0 Å². The van der Waals surface area contributed by atoms with Crippen LogP contribution in [0, 0.1) is 23.2 Å². The van der Waals surface area contributed by atoms with Crippen LogP contribution in [-0.2, 0) is 4.79 Å². The average Bonchev–Trinajstić information content (AvgIpc) is 2.49. The number of nitrogens with zero attached hydrogens (tertiary/aromatic N) is 2. The van der Waals surface area contributed by atoms with E-state index in [0.717, 1.165) is 0 Å². The molecule has 0 aromatic carbocycles. The van der Waals surface area contributed by atoms with Crippen LogP contribution in [0.5, 0.6) is 0 Å². The van der Waals surface area contributed by atoms with Gasteiger partial charge in [-0.3, -0.25) is 20.9 Å². The smallest absolute Gasteiger partial charge is 0.244 e. The third-order valence-electron chi connectivity index (χ3n) is 1.83. The quantitative estimate of drug-likeness (QED) is 0.429. The largest absolute Gasteiger partial charge is 0.294 e. The molecule has 0 saturated heterocycles. The normalized spacial score (nSPS) is 23.6. The molecule has 1 unspecified atom stereocenters. The maximum atomic E-state index is 11.5. The van der Waals surface area contributed by atoms with E-state index < -0.39 is 5.92 Å². The second kappa shape index (κ2) is 2.96. The van der Waals surface area contributed by atoms with Gasteiger partial charge in [0.15, 0.2) is 0 Å². The zero-order valence-electron chi connectivity index (χ0n) is 7.38. The summed E-state index contributed by atoms with van der Waals surface area (Å²) in [6.45, 7) is 1.67. The number of aliphatic imine (C=N–C) groups is 1. The van der Waals surface area contributed by atoms with E-state index in [2.05, 4.69) is 32.7 Å². The molecule has 2 heterocycles. The summed E-state index contributed by atoms with van der Waals surface area (Å²) < 4.78 is 0. The summed E-state index contributed by atoms with van der Waals surface area (Å²) in [6, 6.07) is 0. The summed E-state index contributed by atoms with van der Waals surface area (Å²) >= 11 is 0. The molecule has 0 aliphatic carbocycles. The zero-order valence-corrected chi connectivity index (χ0v) is 7.38. The fourth-order valence-electron chi connectivity index (χ4n) is 1.28. The molecular formula is C8H7N5O. The lowest BCUT2D eigenvalue weighted by Crippen LogP contribution is -2.46. The number of carbonyl (C=O) groups is 1. The summed E-state index contributed by atoms with van der Waals surface area (Å²) in [4.78, 5) is 15.3. The van der Waals surface area contributed by atoms with Gasteiger partial charge in [-0.25, -0.2) is 0 Å². The number of amidine groups is 1. The van der Waals surface area contributed by atoms with E-state index in [-0.39, 0.29) is 11.9 Å². The van der Waals surface area contributed by atoms with Crippen molar-refractivity contribution >= 4 is 23.4 Å². The van der Waals surface area contributed by atoms with Crippen LogP contribution < -0.4 is 10.7 Å². The highest BCUT2D eigenvalue weighted by Gasteiger charge is 2.37. The third-order valence-corrected chi connectivity index (χ3v) is 1.83. The first-order chi connectivity index (χ1) is 6.72. The van der Waals surface area contributed by atoms with Gasteiger partial charge in [0.25, 0.3) is 0 Å². The van der Waals surface area contributed by atoms with Crippen molar-refractivity contribution in [1.29, 1.82) is 5.41 Å². The van der Waals surface area contributed by atoms with E-state index in [1.807, 2.05) is 0 Å². The van der Waals surface area contributed by atoms with Gasteiger partial charge < -0.3 is 0 Å². The topological polar surface area (TPSA) is 89.7 Å². The monoisotopic (exact) mass is 189 g/mol. The molecule has 2 rings (SSSR count). The number of rotatable bonds is 0. The van der Waals surface area contributed by atoms with Crippen LogP contribution in [0.15, 0.2) is 10.1 Å². The fourth-order valence-corrected chi connectivity index (χ4v) is 1.28. The molecule has 2 aliphatic rings. The number of nitrogens with one attached hydrogen (secondary N) is 3.